The van der Waals surface area contributed by atoms with Crippen LogP contribution in [0.5, 0.6) is 0 Å². The van der Waals surface area contributed by atoms with E-state index in [0.29, 0.717) is 69.9 Å². The molecule has 11 rings (SSSR count). The molecule has 2 aromatic carbocycles. The zero-order valence-corrected chi connectivity index (χ0v) is 38.4. The van der Waals surface area contributed by atoms with E-state index in [0.717, 1.165) is 62.7 Å². The summed E-state index contributed by atoms with van der Waals surface area (Å²) >= 11 is 0. The highest BCUT2D eigenvalue weighted by molar-refractivity contribution is 7.92. The number of sulfone groups is 1. The van der Waals surface area contributed by atoms with Crippen LogP contribution >= 0.6 is 0 Å². The molecule has 0 radical (unpaired) electrons. The van der Waals surface area contributed by atoms with Crippen molar-refractivity contribution < 1.29 is 22.5 Å². The summed E-state index contributed by atoms with van der Waals surface area (Å²) in [6.45, 7) is 13.4. The standard InChI is InChI=1S/C50H60FN7O5S/c1-47(2)15-13-36(40(26-47)50-30-48(3,31-50)32-50)28-55-19-21-56(22-20-55)37-8-10-39(43(24-37)57-44-23-35-14-18-52-46(35)54-41(44)27-53-57)45(59)29-64(62,63)38-9-7-34(42(25-38)58(60)61)6-5-33-11-16-49(4,51)17-12-33/h7-10,14,18,23-25,27,33,53H,5-6,11-13,15-17,19-22,26,28-32H2,1-4H3. The molecule has 1 N–H and O–H groups in total. The highest BCUT2D eigenvalue weighted by atomic mass is 32.2. The molecule has 4 saturated carbocycles. The van der Waals surface area contributed by atoms with Gasteiger partial charge in [0.1, 0.15) is 16.9 Å². The van der Waals surface area contributed by atoms with E-state index in [4.69, 9.17) is 4.98 Å². The van der Waals surface area contributed by atoms with Gasteiger partial charge in [-0.2, -0.15) is 0 Å². The van der Waals surface area contributed by atoms with E-state index in [9.17, 15) is 27.7 Å². The van der Waals surface area contributed by atoms with Crippen molar-refractivity contribution in [2.24, 2.45) is 22.2 Å². The quantitative estimate of drug-likeness (QED) is 0.0528. The minimum atomic E-state index is -4.30. The number of rotatable bonds is 13. The number of aromatic amines is 1. The van der Waals surface area contributed by atoms with Gasteiger partial charge in [-0.15, -0.1) is 0 Å². The van der Waals surface area contributed by atoms with Crippen molar-refractivity contribution in [3.8, 4) is 5.69 Å². The number of benzene rings is 2. The first kappa shape index (κ1) is 43.0. The Balaban J connectivity index is 0.895. The number of allylic oxidation sites excluding steroid dienone is 1. The number of aromatic nitrogens is 4. The Morgan fingerprint density at radius 1 is 0.969 bits per heavy atom. The van der Waals surface area contributed by atoms with Gasteiger partial charge in [0, 0.05) is 73.4 Å². The van der Waals surface area contributed by atoms with Crippen LogP contribution in [0.1, 0.15) is 114 Å². The van der Waals surface area contributed by atoms with Crippen molar-refractivity contribution in [1.29, 1.82) is 0 Å². The smallest absolute Gasteiger partial charge is 0.273 e. The molecule has 5 fully saturated rings. The van der Waals surface area contributed by atoms with E-state index >= 15 is 0 Å². The predicted octanol–water partition coefficient (Wildman–Crippen LogP) is 10.1. The first-order chi connectivity index (χ1) is 30.4. The SMILES string of the molecule is CC1(C)CCC(CN2CCN(c3ccc(C(=O)CS(=O)(=O)c4ccc(CCC5CCC(C)(F)CC5)c([N+](=O)[O-])c4)c(-n4[nH]cc5nc6nccc6cc54)c3)CC2)=C(C23CC(C)(C2)C3)C1. The largest absolute Gasteiger partial charge is 0.369 e. The number of H-pyrrole nitrogens is 1. The van der Waals surface area contributed by atoms with Crippen LogP contribution < -0.4 is 4.90 Å². The second-order valence-corrected chi connectivity index (χ2v) is 23.5. The molecule has 12 nitrogen and oxygen atoms in total. The third kappa shape index (κ3) is 8.07. The molecule has 3 aromatic heterocycles. The van der Waals surface area contributed by atoms with Gasteiger partial charge in [-0.05, 0) is 143 Å². The van der Waals surface area contributed by atoms with Crippen molar-refractivity contribution in [2.75, 3.05) is 43.4 Å². The summed E-state index contributed by atoms with van der Waals surface area (Å²) in [5.41, 5.74) is 7.37. The van der Waals surface area contributed by atoms with Crippen molar-refractivity contribution in [1.82, 2.24) is 24.6 Å². The number of hydrogen-bond acceptors (Lipinski definition) is 9. The second kappa shape index (κ2) is 15.6. The molecule has 14 heteroatoms. The average molecular weight is 890 g/mol. The fraction of sp³-hybridized carbons (Fsp3) is 0.540. The fourth-order valence-corrected chi connectivity index (χ4v) is 13.5. The van der Waals surface area contributed by atoms with Crippen LogP contribution in [0.2, 0.25) is 0 Å². The Morgan fingerprint density at radius 2 is 1.72 bits per heavy atom. The summed E-state index contributed by atoms with van der Waals surface area (Å²) in [7, 11) is -4.30. The zero-order chi connectivity index (χ0) is 44.8. The molecule has 1 aliphatic heterocycles. The lowest BCUT2D eigenvalue weighted by atomic mass is 9.33. The lowest BCUT2D eigenvalue weighted by molar-refractivity contribution is -0.385. The van der Waals surface area contributed by atoms with Crippen LogP contribution in [0.3, 0.4) is 0 Å². The first-order valence-electron chi connectivity index (χ1n) is 23.2. The Kier molecular flexibility index (Phi) is 10.5. The molecule has 6 aliphatic rings. The molecule has 0 atom stereocenters. The van der Waals surface area contributed by atoms with Crippen LogP contribution in [0.4, 0.5) is 15.8 Å². The second-order valence-electron chi connectivity index (χ2n) is 21.5. The Morgan fingerprint density at radius 3 is 2.44 bits per heavy atom. The molecule has 0 unspecified atom stereocenters. The molecule has 5 aliphatic carbocycles. The van der Waals surface area contributed by atoms with E-state index in [1.165, 1.54) is 50.7 Å². The summed E-state index contributed by atoms with van der Waals surface area (Å²) in [4.78, 5) is 39.8. The number of carbonyl (C=O) groups is 1. The van der Waals surface area contributed by atoms with Crippen LogP contribution in [-0.2, 0) is 16.3 Å². The molecule has 1 saturated heterocycles. The predicted molar refractivity (Wildman–Crippen MR) is 248 cm³/mol. The number of hydrogen-bond donors (Lipinski definition) is 1. The molecule has 0 spiro atoms. The van der Waals surface area contributed by atoms with Crippen LogP contribution in [0, 0.1) is 32.3 Å². The number of nitro benzene ring substituents is 1. The van der Waals surface area contributed by atoms with Crippen molar-refractivity contribution in [3.05, 3.63) is 93.3 Å². The number of nitrogens with zero attached hydrogens (tertiary/aromatic N) is 6. The van der Waals surface area contributed by atoms with E-state index in [2.05, 4.69) is 40.7 Å². The van der Waals surface area contributed by atoms with Gasteiger partial charge in [0.2, 0.25) is 0 Å². The maximum Gasteiger partial charge on any atom is 0.273 e. The summed E-state index contributed by atoms with van der Waals surface area (Å²) in [6, 6.07) is 13.3. The number of Topliss-reactive ketones (excluding diaryl/α,β-unsaturated/α-hetero) is 1. The van der Waals surface area contributed by atoms with Crippen LogP contribution in [-0.4, -0.2) is 87.9 Å². The number of pyridine rings is 1. The summed E-state index contributed by atoms with van der Waals surface area (Å²) in [6.07, 6.45) is 14.6. The average Bonchev–Trinajstić information content (AvgIpc) is 3.87. The lowest BCUT2D eigenvalue weighted by Gasteiger charge is -2.72. The number of halogens is 1. The van der Waals surface area contributed by atoms with Gasteiger partial charge in [-0.25, -0.2) is 22.8 Å². The molecule has 0 amide bonds. The highest BCUT2D eigenvalue weighted by Gasteiger charge is 2.66. The Bertz CT molecular complexity index is 2800. The third-order valence-electron chi connectivity index (χ3n) is 15.8. The Labute approximate surface area is 374 Å². The van der Waals surface area contributed by atoms with E-state index in [-0.39, 0.29) is 22.1 Å². The molecule has 4 heterocycles. The molecule has 2 bridgehead atoms. The van der Waals surface area contributed by atoms with Crippen molar-refractivity contribution >= 4 is 49.1 Å². The number of anilines is 1. The molecular formula is C50H60FN7O5S. The van der Waals surface area contributed by atoms with Gasteiger partial charge in [-0.3, -0.25) is 29.6 Å². The number of carbonyl (C=O) groups excluding carboxylic acids is 1. The number of aryl methyl sites for hydroxylation is 1. The van der Waals surface area contributed by atoms with Gasteiger partial charge >= 0.3 is 0 Å². The zero-order valence-electron chi connectivity index (χ0n) is 37.6. The fourth-order valence-electron chi connectivity index (χ4n) is 12.3. The molecule has 5 aromatic rings. The molecule has 338 valence electrons. The summed E-state index contributed by atoms with van der Waals surface area (Å²) in [5.74, 6) is -1.25. The minimum absolute atomic E-state index is 0.200. The molecule has 64 heavy (non-hydrogen) atoms. The normalized spacial score (nSPS) is 27.1. The number of ketones is 1. The molecular weight excluding hydrogens is 830 g/mol. The van der Waals surface area contributed by atoms with Crippen molar-refractivity contribution in [2.45, 2.75) is 115 Å². The Hall–Kier alpha value is -4.95. The van der Waals surface area contributed by atoms with Gasteiger partial charge < -0.3 is 4.90 Å². The van der Waals surface area contributed by atoms with Gasteiger partial charge in [0.05, 0.1) is 21.0 Å². The maximum atomic E-state index is 14.4. The number of piperazine rings is 1. The summed E-state index contributed by atoms with van der Waals surface area (Å²) < 4.78 is 44.2. The van der Waals surface area contributed by atoms with Gasteiger partial charge in [0.15, 0.2) is 21.3 Å². The van der Waals surface area contributed by atoms with Crippen molar-refractivity contribution in [3.63, 3.8) is 0 Å². The third-order valence-corrected chi connectivity index (χ3v) is 17.4. The number of nitro groups is 1. The monoisotopic (exact) mass is 889 g/mol. The number of nitrogens with one attached hydrogen (secondary N) is 1. The first-order valence-corrected chi connectivity index (χ1v) is 24.9. The topological polar surface area (TPSA) is 147 Å². The van der Waals surface area contributed by atoms with E-state index < -0.39 is 32.0 Å². The lowest BCUT2D eigenvalue weighted by Crippen LogP contribution is -2.61. The number of alkyl halides is 1. The van der Waals surface area contributed by atoms with E-state index in [1.807, 2.05) is 24.3 Å². The van der Waals surface area contributed by atoms with E-state index in [1.54, 1.807) is 41.2 Å². The summed E-state index contributed by atoms with van der Waals surface area (Å²) in [5, 5.41) is 16.4. The number of fused-ring (bicyclic) bond motifs is 2. The van der Waals surface area contributed by atoms with Gasteiger partial charge in [-0.1, -0.05) is 38.0 Å². The maximum absolute atomic E-state index is 14.4. The van der Waals surface area contributed by atoms with Crippen LogP contribution in [0.25, 0.3) is 27.8 Å². The minimum Gasteiger partial charge on any atom is -0.369 e. The van der Waals surface area contributed by atoms with Gasteiger partial charge in [0.25, 0.3) is 5.69 Å². The highest BCUT2D eigenvalue weighted by Crippen LogP contribution is 2.77. The van der Waals surface area contributed by atoms with Crippen LogP contribution in [0.15, 0.2) is 77.0 Å².